The molecule has 2 bridgehead atoms. The highest BCUT2D eigenvalue weighted by Gasteiger charge is 2.38. The molecule has 4 atom stereocenters. The van der Waals surface area contributed by atoms with Gasteiger partial charge in [0.25, 0.3) is 11.8 Å². The van der Waals surface area contributed by atoms with Crippen molar-refractivity contribution in [2.24, 2.45) is 5.92 Å². The molecule has 2 aromatic rings. The molecule has 11 nitrogen and oxygen atoms in total. The Bertz CT molecular complexity index is 1390. The fraction of sp³-hybridized carbons (Fsp3) is 0.452. The van der Waals surface area contributed by atoms with Gasteiger partial charge in [-0.15, -0.1) is 0 Å². The number of rotatable bonds is 5. The van der Waals surface area contributed by atoms with E-state index in [0.717, 1.165) is 11.6 Å². The number of halogens is 2. The summed E-state index contributed by atoms with van der Waals surface area (Å²) in [6.07, 6.45) is -1.56. The monoisotopic (exact) mass is 629 g/mol. The maximum atomic E-state index is 14.2. The molecule has 0 spiro atoms. The first-order chi connectivity index (χ1) is 20.9. The van der Waals surface area contributed by atoms with E-state index in [1.807, 2.05) is 44.2 Å². The summed E-state index contributed by atoms with van der Waals surface area (Å²) in [4.78, 5) is 69.3. The van der Waals surface area contributed by atoms with Crippen molar-refractivity contribution in [1.29, 1.82) is 0 Å². The van der Waals surface area contributed by atoms with Crippen molar-refractivity contribution in [3.8, 4) is 0 Å². The SMILES string of the molecule is CC(C)C[C@@H]1NC(=O)CN(C)C(=O)[C@@H](Cc2ccccc2)NC(=O)[C@H]2CN(C(=O)c3ccc(Cl)c(F)c3)C[C@@H](CNC1=O)O2. The largest absolute Gasteiger partial charge is 0.360 e. The number of carbonyl (C=O) groups is 5. The molecule has 44 heavy (non-hydrogen) atoms. The molecule has 2 aromatic carbocycles. The van der Waals surface area contributed by atoms with Gasteiger partial charge in [-0.2, -0.15) is 0 Å². The van der Waals surface area contributed by atoms with E-state index in [1.54, 1.807) is 0 Å². The van der Waals surface area contributed by atoms with Gasteiger partial charge in [-0.3, -0.25) is 24.0 Å². The van der Waals surface area contributed by atoms with Crippen LogP contribution in [0.4, 0.5) is 4.39 Å². The molecule has 0 unspecified atom stereocenters. The zero-order valence-electron chi connectivity index (χ0n) is 24.8. The lowest BCUT2D eigenvalue weighted by Gasteiger charge is -2.38. The van der Waals surface area contributed by atoms with Gasteiger partial charge in [-0.05, 0) is 36.1 Å². The van der Waals surface area contributed by atoms with Crippen LogP contribution < -0.4 is 16.0 Å². The van der Waals surface area contributed by atoms with Crippen LogP contribution in [0.25, 0.3) is 0 Å². The van der Waals surface area contributed by atoms with Crippen LogP contribution in [-0.2, 0) is 30.3 Å². The number of fused-ring (bicyclic) bond motifs is 2. The van der Waals surface area contributed by atoms with Crippen molar-refractivity contribution in [2.45, 2.75) is 51.0 Å². The minimum atomic E-state index is -1.21. The zero-order valence-corrected chi connectivity index (χ0v) is 25.6. The lowest BCUT2D eigenvalue weighted by molar-refractivity contribution is -0.148. The molecule has 2 heterocycles. The van der Waals surface area contributed by atoms with Crippen molar-refractivity contribution in [1.82, 2.24) is 25.8 Å². The average molecular weight is 630 g/mol. The van der Waals surface area contributed by atoms with Crippen LogP contribution in [0, 0.1) is 11.7 Å². The van der Waals surface area contributed by atoms with Crippen molar-refractivity contribution < 1.29 is 33.1 Å². The minimum Gasteiger partial charge on any atom is -0.360 e. The third-order valence-electron chi connectivity index (χ3n) is 7.43. The number of hydrogen-bond acceptors (Lipinski definition) is 6. The zero-order chi connectivity index (χ0) is 32.0. The van der Waals surface area contributed by atoms with Gasteiger partial charge in [0.1, 0.15) is 17.9 Å². The summed E-state index contributed by atoms with van der Waals surface area (Å²) in [5.41, 5.74) is 0.804. The Balaban J connectivity index is 1.66. The van der Waals surface area contributed by atoms with E-state index in [9.17, 15) is 28.4 Å². The first kappa shape index (κ1) is 32.9. The fourth-order valence-corrected chi connectivity index (χ4v) is 5.35. The number of nitrogens with one attached hydrogen (secondary N) is 3. The number of morpholine rings is 1. The van der Waals surface area contributed by atoms with Crippen LogP contribution in [0.1, 0.15) is 36.2 Å². The second-order valence-electron chi connectivity index (χ2n) is 11.5. The van der Waals surface area contributed by atoms with E-state index in [4.69, 9.17) is 16.3 Å². The van der Waals surface area contributed by atoms with Crippen molar-refractivity contribution in [3.63, 3.8) is 0 Å². The Morgan fingerprint density at radius 3 is 2.43 bits per heavy atom. The standard InChI is InChI=1S/C31H37ClFN5O6/c1-18(2)11-24-28(40)34-14-21-15-38(30(42)20-9-10-22(32)23(33)13-20)16-26(44-21)29(41)36-25(12-19-7-5-4-6-8-19)31(43)37(3)17-27(39)35-24/h4-10,13,18,21,24-26H,11-12,14-17H2,1-3H3,(H,34,40)(H,35,39)(H,36,41)/t21-,24+,25-,26-/m1/s1. The number of nitrogens with zero attached hydrogens (tertiary/aromatic N) is 2. The summed E-state index contributed by atoms with van der Waals surface area (Å²) in [6.45, 7) is 3.23. The molecular formula is C31H37ClFN5O6. The number of ether oxygens (including phenoxy) is 1. The minimum absolute atomic E-state index is 0.0105. The summed E-state index contributed by atoms with van der Waals surface area (Å²) in [5, 5.41) is 8.11. The summed E-state index contributed by atoms with van der Waals surface area (Å²) >= 11 is 5.80. The maximum absolute atomic E-state index is 14.2. The number of hydrogen-bond donors (Lipinski definition) is 3. The van der Waals surface area contributed by atoms with Crippen molar-refractivity contribution in [3.05, 3.63) is 70.5 Å². The number of carbonyl (C=O) groups excluding carboxylic acids is 5. The molecule has 13 heteroatoms. The molecular weight excluding hydrogens is 593 g/mol. The highest BCUT2D eigenvalue weighted by Crippen LogP contribution is 2.20. The first-order valence-corrected chi connectivity index (χ1v) is 14.8. The van der Waals surface area contributed by atoms with Gasteiger partial charge in [0, 0.05) is 32.1 Å². The van der Waals surface area contributed by atoms with Gasteiger partial charge < -0.3 is 30.5 Å². The Morgan fingerprint density at radius 1 is 1.02 bits per heavy atom. The Hall–Kier alpha value is -4.03. The third kappa shape index (κ3) is 8.54. The van der Waals surface area contributed by atoms with Gasteiger partial charge in [0.05, 0.1) is 24.2 Å². The van der Waals surface area contributed by atoms with Gasteiger partial charge in [-0.1, -0.05) is 55.8 Å². The average Bonchev–Trinajstić information content (AvgIpc) is 2.99. The number of benzene rings is 2. The molecule has 5 amide bonds. The van der Waals surface area contributed by atoms with Crippen LogP contribution in [-0.4, -0.2) is 96.9 Å². The van der Waals surface area contributed by atoms with Gasteiger partial charge >= 0.3 is 0 Å². The fourth-order valence-electron chi connectivity index (χ4n) is 5.23. The number of amides is 5. The van der Waals surface area contributed by atoms with Gasteiger partial charge in [0.2, 0.25) is 17.7 Å². The quantitative estimate of drug-likeness (QED) is 0.459. The topological polar surface area (TPSA) is 137 Å². The van der Waals surface area contributed by atoms with Crippen molar-refractivity contribution >= 4 is 41.1 Å². The predicted molar refractivity (Wildman–Crippen MR) is 160 cm³/mol. The second-order valence-corrected chi connectivity index (χ2v) is 11.9. The normalized spacial score (nSPS) is 23.8. The molecule has 0 aromatic heterocycles. The van der Waals surface area contributed by atoms with Crippen LogP contribution in [0.3, 0.4) is 0 Å². The molecule has 0 radical (unpaired) electrons. The summed E-state index contributed by atoms with van der Waals surface area (Å²) in [5.74, 6) is -3.42. The highest BCUT2D eigenvalue weighted by molar-refractivity contribution is 6.30. The van der Waals surface area contributed by atoms with Crippen LogP contribution >= 0.6 is 11.6 Å². The Morgan fingerprint density at radius 2 is 1.75 bits per heavy atom. The lowest BCUT2D eigenvalue weighted by atomic mass is 10.0. The van der Waals surface area contributed by atoms with E-state index in [-0.39, 0.29) is 49.1 Å². The summed E-state index contributed by atoms with van der Waals surface area (Å²) in [6, 6.07) is 10.8. The molecule has 2 saturated heterocycles. The Kier molecular flexibility index (Phi) is 10.9. The van der Waals surface area contributed by atoms with Crippen LogP contribution in [0.15, 0.2) is 48.5 Å². The van der Waals surface area contributed by atoms with Crippen LogP contribution in [0.5, 0.6) is 0 Å². The molecule has 2 aliphatic rings. The first-order valence-electron chi connectivity index (χ1n) is 14.5. The summed E-state index contributed by atoms with van der Waals surface area (Å²) in [7, 11) is 1.44. The van der Waals surface area contributed by atoms with Gasteiger partial charge in [-0.25, -0.2) is 4.39 Å². The molecule has 2 fully saturated rings. The van der Waals surface area contributed by atoms with E-state index in [0.29, 0.717) is 6.42 Å². The predicted octanol–water partition coefficient (Wildman–Crippen LogP) is 1.54. The maximum Gasteiger partial charge on any atom is 0.254 e. The molecule has 236 valence electrons. The van der Waals surface area contributed by atoms with Gasteiger partial charge in [0.15, 0.2) is 6.10 Å². The smallest absolute Gasteiger partial charge is 0.254 e. The number of likely N-dealkylation sites (N-methyl/N-ethyl adjacent to an activating group) is 1. The summed E-state index contributed by atoms with van der Waals surface area (Å²) < 4.78 is 20.2. The third-order valence-corrected chi connectivity index (χ3v) is 7.74. The van der Waals surface area contributed by atoms with Crippen LogP contribution in [0.2, 0.25) is 5.02 Å². The van der Waals surface area contributed by atoms with E-state index in [1.165, 1.54) is 29.0 Å². The van der Waals surface area contributed by atoms with Crippen molar-refractivity contribution in [2.75, 3.05) is 33.2 Å². The second kappa shape index (κ2) is 14.6. The molecule has 4 rings (SSSR count). The molecule has 3 N–H and O–H groups in total. The molecule has 0 saturated carbocycles. The Labute approximate surface area is 260 Å². The van der Waals surface area contributed by atoms with E-state index in [2.05, 4.69) is 16.0 Å². The molecule has 0 aliphatic carbocycles. The van der Waals surface area contributed by atoms with E-state index >= 15 is 0 Å². The van der Waals surface area contributed by atoms with E-state index < -0.39 is 59.6 Å². The lowest BCUT2D eigenvalue weighted by Crippen LogP contribution is -2.59. The molecule has 2 aliphatic heterocycles. The highest BCUT2D eigenvalue weighted by atomic mass is 35.5.